The molecule has 9 heteroatoms. The summed E-state index contributed by atoms with van der Waals surface area (Å²) in [5, 5.41) is 12.7. The molecule has 162 valence electrons. The van der Waals surface area contributed by atoms with Crippen LogP contribution in [0.2, 0.25) is 0 Å². The molecule has 8 nitrogen and oxygen atoms in total. The molecule has 1 amide bonds. The number of fused-ring (bicyclic) bond motifs is 1. The third kappa shape index (κ3) is 4.50. The molecule has 2 aromatic heterocycles. The molecule has 31 heavy (non-hydrogen) atoms. The van der Waals surface area contributed by atoms with Crippen molar-refractivity contribution in [1.82, 2.24) is 0 Å². The highest BCUT2D eigenvalue weighted by atomic mass is 32.1. The number of thiophene rings is 1. The minimum atomic E-state index is -0.587. The third-order valence-corrected chi connectivity index (χ3v) is 6.58. The largest absolute Gasteiger partial charge is 0.465 e. The zero-order chi connectivity index (χ0) is 21.8. The van der Waals surface area contributed by atoms with E-state index in [1.807, 2.05) is 17.0 Å². The minimum absolute atomic E-state index is 0.106. The van der Waals surface area contributed by atoms with Gasteiger partial charge < -0.3 is 24.1 Å². The molecule has 4 rings (SSSR count). The predicted molar refractivity (Wildman–Crippen MR) is 116 cm³/mol. The number of methoxy groups -OCH3 is 1. The number of carbonyl (C=O) groups is 2. The van der Waals surface area contributed by atoms with E-state index in [0.717, 1.165) is 49.2 Å². The number of nitrogens with one attached hydrogen (secondary N) is 1. The number of hydrogen-bond donors (Lipinski definition) is 1. The standard InChI is InChI=1S/C22H23N3O5S/c1-28-22(27)19-16-4-2-3-5-17(16)31-21(19)24-20(26)14(13-23)12-15-6-7-18(30-15)25-8-10-29-11-9-25/h6-7,12H,2-5,8-11H2,1H3,(H,24,26)/b14-12-. The zero-order valence-electron chi connectivity index (χ0n) is 17.2. The Morgan fingerprint density at radius 2 is 2.03 bits per heavy atom. The lowest BCUT2D eigenvalue weighted by molar-refractivity contribution is -0.112. The van der Waals surface area contributed by atoms with E-state index in [-0.39, 0.29) is 5.57 Å². The summed E-state index contributed by atoms with van der Waals surface area (Å²) in [5.74, 6) is 0.0203. The van der Waals surface area contributed by atoms with Crippen molar-refractivity contribution in [3.63, 3.8) is 0 Å². The molecule has 0 saturated carbocycles. The Bertz CT molecular complexity index is 1060. The Morgan fingerprint density at radius 1 is 1.26 bits per heavy atom. The van der Waals surface area contributed by atoms with Gasteiger partial charge in [0.2, 0.25) is 0 Å². The molecule has 1 N–H and O–H groups in total. The van der Waals surface area contributed by atoms with Crippen molar-refractivity contribution in [1.29, 1.82) is 5.26 Å². The number of aryl methyl sites for hydroxylation is 1. The number of rotatable bonds is 5. The Morgan fingerprint density at radius 3 is 2.77 bits per heavy atom. The third-order valence-electron chi connectivity index (χ3n) is 5.37. The lowest BCUT2D eigenvalue weighted by Crippen LogP contribution is -2.35. The summed E-state index contributed by atoms with van der Waals surface area (Å²) in [4.78, 5) is 28.3. The van der Waals surface area contributed by atoms with Crippen LogP contribution in [0.25, 0.3) is 6.08 Å². The van der Waals surface area contributed by atoms with Crippen LogP contribution in [0.5, 0.6) is 0 Å². The highest BCUT2D eigenvalue weighted by Crippen LogP contribution is 2.38. The van der Waals surface area contributed by atoms with E-state index < -0.39 is 11.9 Å². The van der Waals surface area contributed by atoms with Gasteiger partial charge in [-0.05, 0) is 37.3 Å². The van der Waals surface area contributed by atoms with E-state index in [1.54, 1.807) is 6.07 Å². The summed E-state index contributed by atoms with van der Waals surface area (Å²) in [7, 11) is 1.32. The molecule has 3 heterocycles. The molecule has 2 aromatic rings. The molecule has 1 aliphatic carbocycles. The van der Waals surface area contributed by atoms with Crippen LogP contribution in [0.15, 0.2) is 22.1 Å². The van der Waals surface area contributed by atoms with Crippen LogP contribution >= 0.6 is 11.3 Å². The number of anilines is 2. The van der Waals surface area contributed by atoms with Gasteiger partial charge in [0.1, 0.15) is 22.4 Å². The van der Waals surface area contributed by atoms with Gasteiger partial charge in [-0.2, -0.15) is 5.26 Å². The van der Waals surface area contributed by atoms with Gasteiger partial charge in [0.25, 0.3) is 5.91 Å². The molecule has 0 unspecified atom stereocenters. The summed E-state index contributed by atoms with van der Waals surface area (Å²) >= 11 is 1.38. The number of esters is 1. The fraction of sp³-hybridized carbons (Fsp3) is 0.409. The number of nitriles is 1. The van der Waals surface area contributed by atoms with Crippen molar-refractivity contribution in [3.8, 4) is 6.07 Å². The monoisotopic (exact) mass is 441 g/mol. The second-order valence-electron chi connectivity index (χ2n) is 7.31. The number of carbonyl (C=O) groups excluding carboxylic acids is 2. The SMILES string of the molecule is COC(=O)c1c(NC(=O)/C(C#N)=C\c2ccc(N3CCOCC3)o2)sc2c1CCCC2. The van der Waals surface area contributed by atoms with Crippen LogP contribution in [0.4, 0.5) is 10.9 Å². The maximum absolute atomic E-state index is 12.8. The first-order valence-electron chi connectivity index (χ1n) is 10.2. The molecule has 0 radical (unpaired) electrons. The fourth-order valence-electron chi connectivity index (χ4n) is 3.81. The van der Waals surface area contributed by atoms with Crippen LogP contribution in [-0.2, 0) is 27.1 Å². The highest BCUT2D eigenvalue weighted by Gasteiger charge is 2.27. The summed E-state index contributed by atoms with van der Waals surface area (Å²) in [6.07, 6.45) is 5.11. The summed E-state index contributed by atoms with van der Waals surface area (Å²) in [6.45, 7) is 2.71. The Balaban J connectivity index is 1.55. The van der Waals surface area contributed by atoms with Crippen molar-refractivity contribution in [2.24, 2.45) is 0 Å². The lowest BCUT2D eigenvalue weighted by Gasteiger charge is -2.26. The van der Waals surface area contributed by atoms with Crippen molar-refractivity contribution < 1.29 is 23.5 Å². The van der Waals surface area contributed by atoms with E-state index in [0.29, 0.717) is 35.4 Å². The lowest BCUT2D eigenvalue weighted by atomic mass is 9.95. The average Bonchev–Trinajstić information content (AvgIpc) is 3.41. The number of morpholine rings is 1. The fourth-order valence-corrected chi connectivity index (χ4v) is 5.08. The Hall–Kier alpha value is -3.09. The van der Waals surface area contributed by atoms with Gasteiger partial charge in [0, 0.05) is 30.1 Å². The first kappa shape index (κ1) is 21.2. The maximum atomic E-state index is 12.8. The summed E-state index contributed by atoms with van der Waals surface area (Å²) in [5.41, 5.74) is 1.24. The van der Waals surface area contributed by atoms with Crippen molar-refractivity contribution in [3.05, 3.63) is 39.5 Å². The molecule has 0 bridgehead atoms. The molecular formula is C22H23N3O5S. The van der Waals surface area contributed by atoms with Gasteiger partial charge in [-0.15, -0.1) is 11.3 Å². The van der Waals surface area contributed by atoms with Gasteiger partial charge >= 0.3 is 5.97 Å². The van der Waals surface area contributed by atoms with E-state index in [1.165, 1.54) is 24.5 Å². The van der Waals surface area contributed by atoms with Crippen LogP contribution in [-0.4, -0.2) is 45.3 Å². The maximum Gasteiger partial charge on any atom is 0.341 e. The van der Waals surface area contributed by atoms with Crippen LogP contribution < -0.4 is 10.2 Å². The quantitative estimate of drug-likeness (QED) is 0.431. The van der Waals surface area contributed by atoms with Gasteiger partial charge in [0.15, 0.2) is 5.88 Å². The van der Waals surface area contributed by atoms with Gasteiger partial charge in [0.05, 0.1) is 25.9 Å². The smallest absolute Gasteiger partial charge is 0.341 e. The molecule has 1 fully saturated rings. The summed E-state index contributed by atoms with van der Waals surface area (Å²) < 4.78 is 16.1. The minimum Gasteiger partial charge on any atom is -0.465 e. The Kier molecular flexibility index (Phi) is 6.39. The second-order valence-corrected chi connectivity index (χ2v) is 8.41. The summed E-state index contributed by atoms with van der Waals surface area (Å²) in [6, 6.07) is 5.46. The first-order valence-corrected chi connectivity index (χ1v) is 11.0. The highest BCUT2D eigenvalue weighted by molar-refractivity contribution is 7.17. The van der Waals surface area contributed by atoms with E-state index >= 15 is 0 Å². The topological polar surface area (TPSA) is 105 Å². The van der Waals surface area contributed by atoms with E-state index in [4.69, 9.17) is 13.9 Å². The molecular weight excluding hydrogens is 418 g/mol. The Labute approximate surface area is 184 Å². The van der Waals surface area contributed by atoms with Gasteiger partial charge in [-0.3, -0.25) is 4.79 Å². The average molecular weight is 442 g/mol. The number of hydrogen-bond acceptors (Lipinski definition) is 8. The molecule has 2 aliphatic rings. The number of furan rings is 1. The first-order chi connectivity index (χ1) is 15.1. The van der Waals surface area contributed by atoms with Crippen molar-refractivity contribution >= 4 is 40.2 Å². The molecule has 0 atom stereocenters. The van der Waals surface area contributed by atoms with Crippen LogP contribution in [0, 0.1) is 11.3 Å². The zero-order valence-corrected chi connectivity index (χ0v) is 18.0. The number of amides is 1. The van der Waals surface area contributed by atoms with Gasteiger partial charge in [-0.1, -0.05) is 0 Å². The molecule has 0 spiro atoms. The van der Waals surface area contributed by atoms with Crippen LogP contribution in [0.1, 0.15) is 39.4 Å². The van der Waals surface area contributed by atoms with Crippen molar-refractivity contribution in [2.45, 2.75) is 25.7 Å². The van der Waals surface area contributed by atoms with Crippen LogP contribution in [0.3, 0.4) is 0 Å². The normalized spacial score (nSPS) is 16.4. The molecule has 0 aromatic carbocycles. The number of nitrogens with zero attached hydrogens (tertiary/aromatic N) is 2. The molecule has 1 aliphatic heterocycles. The number of ether oxygens (including phenoxy) is 2. The van der Waals surface area contributed by atoms with E-state index in [9.17, 15) is 14.9 Å². The van der Waals surface area contributed by atoms with E-state index in [2.05, 4.69) is 5.32 Å². The van der Waals surface area contributed by atoms with Gasteiger partial charge in [-0.25, -0.2) is 4.79 Å². The molecule has 1 saturated heterocycles. The van der Waals surface area contributed by atoms with Crippen molar-refractivity contribution in [2.75, 3.05) is 43.6 Å². The predicted octanol–water partition coefficient (Wildman–Crippen LogP) is 3.39. The second kappa shape index (κ2) is 9.37.